The predicted molar refractivity (Wildman–Crippen MR) is 348 cm³/mol. The van der Waals surface area contributed by atoms with Gasteiger partial charge < -0.3 is 0 Å². The van der Waals surface area contributed by atoms with Gasteiger partial charge in [0.05, 0.1) is 24.6 Å². The number of fused-ring (bicyclic) bond motifs is 14. The Balaban J connectivity index is 1.06. The number of rotatable bonds is 6. The Bertz CT molecular complexity index is 4990. The van der Waals surface area contributed by atoms with Gasteiger partial charge in [-0.1, -0.05) is 121 Å². The average molecular weight is 1260 g/mol. The molecule has 13 heteroatoms. The van der Waals surface area contributed by atoms with Crippen LogP contribution in [0.5, 0.6) is 0 Å². The molecule has 14 aromatic rings. The van der Waals surface area contributed by atoms with Crippen molar-refractivity contribution < 1.29 is 52.7 Å². The van der Waals surface area contributed by atoms with E-state index in [1.165, 1.54) is 12.1 Å². The summed E-state index contributed by atoms with van der Waals surface area (Å²) in [5.41, 5.74) is 9.68. The third-order valence-corrected chi connectivity index (χ3v) is 22.6. The highest BCUT2D eigenvalue weighted by atomic mass is 31.2. The van der Waals surface area contributed by atoms with Gasteiger partial charge in [0.2, 0.25) is 0 Å². The van der Waals surface area contributed by atoms with Crippen molar-refractivity contribution in [3.8, 4) is 89.0 Å². The lowest BCUT2D eigenvalue weighted by atomic mass is 9.81. The molecular weight excluding hydrogens is 1220 g/mol. The van der Waals surface area contributed by atoms with E-state index in [9.17, 15) is 17.6 Å². The van der Waals surface area contributed by atoms with Crippen molar-refractivity contribution in [3.05, 3.63) is 310 Å². The third-order valence-electron chi connectivity index (χ3n) is 18.6. The van der Waals surface area contributed by atoms with Crippen LogP contribution in [0.2, 0.25) is 0 Å². The van der Waals surface area contributed by atoms with Gasteiger partial charge in [0.1, 0.15) is 0 Å². The van der Waals surface area contributed by atoms with Crippen molar-refractivity contribution in [1.29, 1.82) is 0 Å². The minimum atomic E-state index is -2.82. The van der Waals surface area contributed by atoms with Gasteiger partial charge in [-0.05, 0) is 240 Å². The maximum atomic E-state index is 15.5. The lowest BCUT2D eigenvalue weighted by molar-refractivity contribution is 0.447. The third kappa shape index (κ3) is 9.67. The highest BCUT2D eigenvalue weighted by Gasteiger charge is 2.47. The molecular formula is C80H44F12P+. The molecule has 0 fully saturated rings. The summed E-state index contributed by atoms with van der Waals surface area (Å²) in [5.74, 6) is -18.7. The largest absolute Gasteiger partial charge is 0.204 e. The van der Waals surface area contributed by atoms with Gasteiger partial charge in [0, 0.05) is 18.4 Å². The SMILES string of the molecule is Fc1cc(-c2cc(-c3cc(F)c(F)c(F)c3)cc(-c3cc4ccccc4c4c3C[P+]3(Cc5ccc6ccccc6c5-c5c(ccc6ccccc56)C3)Cc3c(-c5cc(-c6cc(F)c(F)c(F)c6)cc(-c6cc(F)c(F)c(F)c6)c5)cc5ccccc5c3-4)c2)cc(F)c1F. The van der Waals surface area contributed by atoms with E-state index in [1.54, 1.807) is 24.3 Å². The lowest BCUT2D eigenvalue weighted by Gasteiger charge is -2.28. The Morgan fingerprint density at radius 1 is 0.215 bits per heavy atom. The topological polar surface area (TPSA) is 0 Å². The second-order valence-electron chi connectivity index (χ2n) is 24.2. The smallest absolute Gasteiger partial charge is 0.194 e. The fourth-order valence-electron chi connectivity index (χ4n) is 14.5. The standard InChI is InChI=1S/C80H44F12P/c81-65-29-51(30-66(82)77(65)89)47-21-48(52-31-67(83)78(90)68(84)32-52)24-55(23-47)61-27-43-11-3-7-15-59(43)75-63(61)39-93(37-45-19-17-41-9-1-5-13-57(41)73(45)74-46(38-93)20-18-42-10-2-6-14-58(42)74)40-64-62(28-44-12-4-8-16-60(44)76(64)75)56-25-49(53-33-69(85)79(91)70(86)34-53)22-50(26-56)54-35-71(87)80(92)72(88)36-54/h1-36H,37-40H2/q+1. The maximum Gasteiger partial charge on any atom is 0.194 e. The average Bonchev–Trinajstić information content (AvgIpc) is 1.48. The molecule has 0 saturated carbocycles. The van der Waals surface area contributed by atoms with Crippen LogP contribution in [0.3, 0.4) is 0 Å². The molecule has 14 aromatic carbocycles. The molecule has 0 amide bonds. The van der Waals surface area contributed by atoms with Gasteiger partial charge >= 0.3 is 0 Å². The Morgan fingerprint density at radius 2 is 0.462 bits per heavy atom. The van der Waals surface area contributed by atoms with Crippen molar-refractivity contribution in [1.82, 2.24) is 0 Å². The zero-order valence-electron chi connectivity index (χ0n) is 48.6. The van der Waals surface area contributed by atoms with E-state index in [0.717, 1.165) is 136 Å². The summed E-state index contributed by atoms with van der Waals surface area (Å²) in [6.07, 6.45) is 1.87. The highest BCUT2D eigenvalue weighted by Crippen LogP contribution is 2.75. The van der Waals surface area contributed by atoms with Crippen LogP contribution in [0.4, 0.5) is 52.7 Å². The van der Waals surface area contributed by atoms with Crippen LogP contribution >= 0.6 is 7.26 Å². The molecule has 0 bridgehead atoms. The molecule has 0 saturated heterocycles. The second-order valence-corrected chi connectivity index (χ2v) is 28.2. The summed E-state index contributed by atoms with van der Waals surface area (Å²) in [6.45, 7) is 0. The van der Waals surface area contributed by atoms with Crippen molar-refractivity contribution in [2.45, 2.75) is 24.6 Å². The van der Waals surface area contributed by atoms with E-state index in [0.29, 0.717) is 46.9 Å². The zero-order valence-corrected chi connectivity index (χ0v) is 49.5. The van der Waals surface area contributed by atoms with E-state index in [2.05, 4.69) is 48.5 Å². The van der Waals surface area contributed by atoms with Crippen molar-refractivity contribution >= 4 is 50.4 Å². The maximum absolute atomic E-state index is 15.5. The summed E-state index contributed by atoms with van der Waals surface area (Å²) < 4.78 is 183. The fourth-order valence-corrected chi connectivity index (χ4v) is 19.2. The highest BCUT2D eigenvalue weighted by molar-refractivity contribution is 7.73. The van der Waals surface area contributed by atoms with Crippen molar-refractivity contribution in [2.24, 2.45) is 0 Å². The molecule has 0 radical (unpaired) electrons. The summed E-state index contributed by atoms with van der Waals surface area (Å²) in [6, 6.07) is 60.9. The van der Waals surface area contributed by atoms with Crippen LogP contribution in [0, 0.1) is 69.8 Å². The first-order chi connectivity index (χ1) is 44.9. The number of benzene rings is 14. The van der Waals surface area contributed by atoms with Crippen LogP contribution in [-0.2, 0) is 24.6 Å². The van der Waals surface area contributed by atoms with Crippen LogP contribution in [0.1, 0.15) is 22.3 Å². The van der Waals surface area contributed by atoms with Gasteiger partial charge in [-0.3, -0.25) is 0 Å². The second kappa shape index (κ2) is 22.0. The molecule has 0 aliphatic carbocycles. The van der Waals surface area contributed by atoms with Crippen molar-refractivity contribution in [3.63, 3.8) is 0 Å². The molecule has 2 aliphatic rings. The van der Waals surface area contributed by atoms with E-state index >= 15 is 35.1 Å². The molecule has 16 rings (SSSR count). The lowest BCUT2D eigenvalue weighted by Crippen LogP contribution is -2.07. The predicted octanol–water partition coefficient (Wildman–Crippen LogP) is 24.0. The molecule has 0 aromatic heterocycles. The van der Waals surface area contributed by atoms with Crippen LogP contribution in [0.25, 0.3) is 132 Å². The van der Waals surface area contributed by atoms with Gasteiger partial charge in [-0.25, -0.2) is 52.7 Å². The number of halogens is 12. The monoisotopic (exact) mass is 1260 g/mol. The first-order valence-electron chi connectivity index (χ1n) is 29.8. The van der Waals surface area contributed by atoms with Crippen LogP contribution in [0.15, 0.2) is 218 Å². The van der Waals surface area contributed by atoms with E-state index in [-0.39, 0.29) is 44.5 Å². The van der Waals surface area contributed by atoms with Gasteiger partial charge in [-0.15, -0.1) is 0 Å². The van der Waals surface area contributed by atoms with Gasteiger partial charge in [-0.2, -0.15) is 0 Å². The molecule has 2 aliphatic heterocycles. The first-order valence-corrected chi connectivity index (χ1v) is 32.3. The molecule has 93 heavy (non-hydrogen) atoms. The van der Waals surface area contributed by atoms with E-state index in [4.69, 9.17) is 0 Å². The molecule has 0 N–H and O–H groups in total. The number of hydrogen-bond acceptors (Lipinski definition) is 0. The molecule has 2 heterocycles. The fraction of sp³-hybridized carbons (Fsp3) is 0.0500. The number of hydrogen-bond donors (Lipinski definition) is 0. The van der Waals surface area contributed by atoms with Gasteiger partial charge in [0.15, 0.2) is 69.8 Å². The van der Waals surface area contributed by atoms with Crippen molar-refractivity contribution in [2.75, 3.05) is 0 Å². The summed E-state index contributed by atoms with van der Waals surface area (Å²) in [5, 5.41) is 7.20. The molecule has 0 nitrogen and oxygen atoms in total. The molecule has 0 atom stereocenters. The van der Waals surface area contributed by atoms with Crippen LogP contribution < -0.4 is 0 Å². The zero-order chi connectivity index (χ0) is 63.9. The quantitative estimate of drug-likeness (QED) is 0.0884. The Labute approximate surface area is 524 Å². The summed E-state index contributed by atoms with van der Waals surface area (Å²) in [7, 11) is -2.82. The molecule has 1 spiro atoms. The summed E-state index contributed by atoms with van der Waals surface area (Å²) >= 11 is 0. The Hall–Kier alpha value is -10.3. The molecule has 0 unspecified atom stereocenters. The first kappa shape index (κ1) is 57.8. The van der Waals surface area contributed by atoms with Gasteiger partial charge in [0.25, 0.3) is 0 Å². The molecule has 452 valence electrons. The Kier molecular flexibility index (Phi) is 13.7. The van der Waals surface area contributed by atoms with E-state index < -0.39 is 77.1 Å². The minimum Gasteiger partial charge on any atom is -0.204 e. The Morgan fingerprint density at radius 3 is 0.763 bits per heavy atom. The van der Waals surface area contributed by atoms with Crippen LogP contribution in [-0.4, -0.2) is 0 Å². The normalized spacial score (nSPS) is 13.3. The minimum absolute atomic E-state index is 0.107. The van der Waals surface area contributed by atoms with E-state index in [1.807, 2.05) is 84.9 Å². The summed E-state index contributed by atoms with van der Waals surface area (Å²) in [4.78, 5) is 0.